The summed E-state index contributed by atoms with van der Waals surface area (Å²) in [4.78, 5) is 16.6. The van der Waals surface area contributed by atoms with E-state index in [1.54, 1.807) is 12.1 Å². The minimum absolute atomic E-state index is 0.0927. The van der Waals surface area contributed by atoms with Gasteiger partial charge in [-0.15, -0.1) is 0 Å². The van der Waals surface area contributed by atoms with Crippen molar-refractivity contribution >= 4 is 34.0 Å². The van der Waals surface area contributed by atoms with Gasteiger partial charge in [0, 0.05) is 34.9 Å². The van der Waals surface area contributed by atoms with E-state index in [0.717, 1.165) is 31.4 Å². The van der Waals surface area contributed by atoms with E-state index in [1.807, 2.05) is 24.5 Å². The van der Waals surface area contributed by atoms with Crippen LogP contribution in [0.5, 0.6) is 0 Å². The lowest BCUT2D eigenvalue weighted by atomic mass is 9.76. The molecule has 0 atom stereocenters. The first-order valence-corrected chi connectivity index (χ1v) is 9.95. The first-order chi connectivity index (χ1) is 13.2. The molecule has 1 aromatic heterocycles. The number of pyridine rings is 1. The number of nitrogens with zero attached hydrogens (tertiary/aromatic N) is 1. The number of amides is 1. The molecule has 0 saturated heterocycles. The average molecular weight is 379 g/mol. The second kappa shape index (κ2) is 8.10. The number of halogens is 1. The lowest BCUT2D eigenvalue weighted by Gasteiger charge is -2.29. The fourth-order valence-corrected chi connectivity index (χ4v) is 4.30. The highest BCUT2D eigenvalue weighted by atomic mass is 35.5. The predicted octanol–water partition coefficient (Wildman–Crippen LogP) is 6.19. The van der Waals surface area contributed by atoms with Crippen molar-refractivity contribution in [1.29, 1.82) is 0 Å². The molecular formula is C23H23ClN2O. The van der Waals surface area contributed by atoms with Gasteiger partial charge in [0.1, 0.15) is 0 Å². The summed E-state index contributed by atoms with van der Waals surface area (Å²) < 4.78 is 0. The molecule has 1 fully saturated rings. The topological polar surface area (TPSA) is 42.0 Å². The minimum atomic E-state index is 0.0927. The van der Waals surface area contributed by atoms with Gasteiger partial charge in [-0.05, 0) is 78.8 Å². The van der Waals surface area contributed by atoms with E-state index in [-0.39, 0.29) is 5.91 Å². The van der Waals surface area contributed by atoms with Gasteiger partial charge in [-0.25, -0.2) is 0 Å². The quantitative estimate of drug-likeness (QED) is 0.588. The van der Waals surface area contributed by atoms with Crippen molar-refractivity contribution in [2.24, 2.45) is 5.92 Å². The number of fused-ring (bicyclic) bond motifs is 1. The second-order valence-corrected chi connectivity index (χ2v) is 7.86. The van der Waals surface area contributed by atoms with Gasteiger partial charge in [0.2, 0.25) is 5.91 Å². The Bertz CT molecular complexity index is 925. The summed E-state index contributed by atoms with van der Waals surface area (Å²) in [6.45, 7) is 0. The zero-order valence-corrected chi connectivity index (χ0v) is 16.0. The van der Waals surface area contributed by atoms with E-state index in [4.69, 9.17) is 11.6 Å². The Morgan fingerprint density at radius 2 is 1.81 bits per heavy atom. The van der Waals surface area contributed by atoms with E-state index < -0.39 is 0 Å². The Morgan fingerprint density at radius 3 is 2.59 bits per heavy atom. The molecule has 1 saturated carbocycles. The zero-order valence-electron chi connectivity index (χ0n) is 15.2. The molecule has 138 valence electrons. The Balaban J connectivity index is 1.34. The molecule has 1 heterocycles. The number of rotatable bonds is 4. The Morgan fingerprint density at radius 1 is 1.04 bits per heavy atom. The maximum absolute atomic E-state index is 12.3. The van der Waals surface area contributed by atoms with E-state index in [9.17, 15) is 4.79 Å². The molecule has 1 aliphatic carbocycles. The third-order valence-corrected chi connectivity index (χ3v) is 5.86. The second-order valence-electron chi connectivity index (χ2n) is 7.42. The molecule has 0 spiro atoms. The van der Waals surface area contributed by atoms with Crippen LogP contribution in [-0.4, -0.2) is 10.9 Å². The number of benzene rings is 2. The van der Waals surface area contributed by atoms with E-state index >= 15 is 0 Å². The molecule has 4 heteroatoms. The van der Waals surface area contributed by atoms with Crippen LogP contribution >= 0.6 is 11.6 Å². The molecule has 1 N–H and O–H groups in total. The van der Waals surface area contributed by atoms with Crippen LogP contribution in [0, 0.1) is 5.92 Å². The molecule has 3 aromatic rings. The maximum atomic E-state index is 12.3. The van der Waals surface area contributed by atoms with Crippen LogP contribution < -0.4 is 5.32 Å². The first kappa shape index (κ1) is 18.0. The van der Waals surface area contributed by atoms with E-state index in [2.05, 4.69) is 34.6 Å². The zero-order chi connectivity index (χ0) is 18.6. The largest absolute Gasteiger partial charge is 0.326 e. The molecule has 3 nitrogen and oxygen atoms in total. The van der Waals surface area contributed by atoms with Crippen molar-refractivity contribution in [1.82, 2.24) is 4.98 Å². The average Bonchev–Trinajstić information content (AvgIpc) is 2.70. The van der Waals surface area contributed by atoms with Crippen LogP contribution in [-0.2, 0) is 4.79 Å². The molecule has 0 unspecified atom stereocenters. The predicted molar refractivity (Wildman–Crippen MR) is 111 cm³/mol. The number of anilines is 1. The third kappa shape index (κ3) is 4.30. The smallest absolute Gasteiger partial charge is 0.224 e. The van der Waals surface area contributed by atoms with Crippen molar-refractivity contribution in [3.05, 3.63) is 71.5 Å². The molecule has 0 radical (unpaired) electrons. The summed E-state index contributed by atoms with van der Waals surface area (Å²) in [6.07, 6.45) is 8.87. The summed E-state index contributed by atoms with van der Waals surface area (Å²) in [5.74, 6) is 1.12. The standard InChI is InChI=1S/C23H23ClN2O/c24-19-8-10-20(11-9-19)26-23(27)14-16-4-6-18(7-5-16)21-3-1-2-17-12-13-25-15-22(17)21/h1-3,8-13,15-16,18H,4-7,14H2,(H,26,27)/t16-,18+. The number of nitrogens with one attached hydrogen (secondary N) is 1. The Labute approximate surface area is 164 Å². The van der Waals surface area contributed by atoms with Gasteiger partial charge in [0.25, 0.3) is 0 Å². The fraction of sp³-hybridized carbons (Fsp3) is 0.304. The molecule has 0 bridgehead atoms. The van der Waals surface area contributed by atoms with Gasteiger partial charge in [-0.3, -0.25) is 9.78 Å². The number of aromatic nitrogens is 1. The van der Waals surface area contributed by atoms with Crippen LogP contribution in [0.15, 0.2) is 60.9 Å². The monoisotopic (exact) mass is 378 g/mol. The summed E-state index contributed by atoms with van der Waals surface area (Å²) in [5, 5.41) is 6.18. The molecule has 1 aliphatic rings. The molecule has 1 amide bonds. The number of hydrogen-bond donors (Lipinski definition) is 1. The van der Waals surface area contributed by atoms with Crippen LogP contribution in [0.3, 0.4) is 0 Å². The lowest BCUT2D eigenvalue weighted by molar-refractivity contribution is -0.117. The summed E-state index contributed by atoms with van der Waals surface area (Å²) >= 11 is 5.89. The van der Waals surface area contributed by atoms with Gasteiger partial charge in [-0.1, -0.05) is 29.8 Å². The van der Waals surface area contributed by atoms with E-state index in [1.165, 1.54) is 16.3 Å². The van der Waals surface area contributed by atoms with Gasteiger partial charge in [0.05, 0.1) is 0 Å². The number of hydrogen-bond acceptors (Lipinski definition) is 2. The third-order valence-electron chi connectivity index (χ3n) is 5.61. The van der Waals surface area contributed by atoms with Gasteiger partial charge < -0.3 is 5.32 Å². The van der Waals surface area contributed by atoms with Crippen LogP contribution in [0.25, 0.3) is 10.8 Å². The molecule has 0 aliphatic heterocycles. The molecule has 27 heavy (non-hydrogen) atoms. The highest BCUT2D eigenvalue weighted by Crippen LogP contribution is 2.39. The number of carbonyl (C=O) groups excluding carboxylic acids is 1. The Kier molecular flexibility index (Phi) is 5.40. The minimum Gasteiger partial charge on any atom is -0.326 e. The normalized spacial score (nSPS) is 19.7. The summed E-state index contributed by atoms with van der Waals surface area (Å²) in [7, 11) is 0. The first-order valence-electron chi connectivity index (χ1n) is 9.57. The van der Waals surface area contributed by atoms with Crippen LogP contribution in [0.2, 0.25) is 5.02 Å². The van der Waals surface area contributed by atoms with E-state index in [0.29, 0.717) is 23.3 Å². The van der Waals surface area contributed by atoms with Crippen LogP contribution in [0.4, 0.5) is 5.69 Å². The molecule has 4 rings (SSSR count). The summed E-state index contributed by atoms with van der Waals surface area (Å²) in [5.41, 5.74) is 2.21. The van der Waals surface area contributed by atoms with Gasteiger partial charge in [-0.2, -0.15) is 0 Å². The van der Waals surface area contributed by atoms with Gasteiger partial charge >= 0.3 is 0 Å². The van der Waals surface area contributed by atoms with Crippen LogP contribution in [0.1, 0.15) is 43.6 Å². The molecule has 2 aromatic carbocycles. The van der Waals surface area contributed by atoms with Gasteiger partial charge in [0.15, 0.2) is 0 Å². The Hall–Kier alpha value is -2.39. The lowest BCUT2D eigenvalue weighted by Crippen LogP contribution is -2.20. The highest BCUT2D eigenvalue weighted by Gasteiger charge is 2.25. The number of carbonyl (C=O) groups is 1. The molecular weight excluding hydrogens is 356 g/mol. The van der Waals surface area contributed by atoms with Crippen molar-refractivity contribution in [2.45, 2.75) is 38.0 Å². The van der Waals surface area contributed by atoms with Crippen molar-refractivity contribution in [3.8, 4) is 0 Å². The maximum Gasteiger partial charge on any atom is 0.224 e. The van der Waals surface area contributed by atoms with Crippen molar-refractivity contribution in [3.63, 3.8) is 0 Å². The van der Waals surface area contributed by atoms with Crippen molar-refractivity contribution in [2.75, 3.05) is 5.32 Å². The fourth-order valence-electron chi connectivity index (χ4n) is 4.18. The SMILES string of the molecule is O=C(C[C@H]1CC[C@@H](c2cccc3ccncc32)CC1)Nc1ccc(Cl)cc1. The highest BCUT2D eigenvalue weighted by molar-refractivity contribution is 6.30. The van der Waals surface area contributed by atoms with Crippen molar-refractivity contribution < 1.29 is 4.79 Å². The summed E-state index contributed by atoms with van der Waals surface area (Å²) in [6, 6.07) is 15.9.